The van der Waals surface area contributed by atoms with Crippen molar-refractivity contribution in [1.82, 2.24) is 10.2 Å². The van der Waals surface area contributed by atoms with Crippen molar-refractivity contribution in [2.45, 2.75) is 46.1 Å². The van der Waals surface area contributed by atoms with E-state index in [1.165, 1.54) is 12.8 Å². The van der Waals surface area contributed by atoms with Crippen molar-refractivity contribution in [1.29, 1.82) is 0 Å². The summed E-state index contributed by atoms with van der Waals surface area (Å²) in [6, 6.07) is 7.88. The van der Waals surface area contributed by atoms with Crippen LogP contribution in [0.15, 0.2) is 29.3 Å². The number of ether oxygens (including phenoxy) is 1. The van der Waals surface area contributed by atoms with Crippen molar-refractivity contribution in [3.05, 3.63) is 29.8 Å². The van der Waals surface area contributed by atoms with E-state index in [-0.39, 0.29) is 5.91 Å². The van der Waals surface area contributed by atoms with E-state index in [0.717, 1.165) is 55.9 Å². The number of aliphatic imine (C=N–C) groups is 1. The number of carbonyl (C=O) groups excluding carboxylic acids is 1. The van der Waals surface area contributed by atoms with Crippen molar-refractivity contribution in [3.8, 4) is 0 Å². The molecule has 1 aliphatic carbocycles. The highest BCUT2D eigenvalue weighted by Gasteiger charge is 2.21. The van der Waals surface area contributed by atoms with Gasteiger partial charge in [-0.3, -0.25) is 4.79 Å². The van der Waals surface area contributed by atoms with Crippen LogP contribution in [0.5, 0.6) is 0 Å². The summed E-state index contributed by atoms with van der Waals surface area (Å²) in [5, 5.41) is 6.23. The molecule has 2 N–H and O–H groups in total. The van der Waals surface area contributed by atoms with Crippen LogP contribution in [0.4, 0.5) is 5.69 Å². The maximum atomic E-state index is 11.7. The molecule has 0 saturated heterocycles. The predicted octanol–water partition coefficient (Wildman–Crippen LogP) is 3.25. The van der Waals surface area contributed by atoms with Gasteiger partial charge in [-0.2, -0.15) is 0 Å². The Morgan fingerprint density at radius 3 is 2.63 bits per heavy atom. The monoisotopic (exact) mass is 374 g/mol. The minimum atomic E-state index is 0.0585. The average molecular weight is 375 g/mol. The molecule has 2 rings (SSSR count). The van der Waals surface area contributed by atoms with Gasteiger partial charge in [0.05, 0.1) is 13.2 Å². The number of amides is 1. The zero-order chi connectivity index (χ0) is 19.5. The van der Waals surface area contributed by atoms with E-state index in [4.69, 9.17) is 9.73 Å². The second kappa shape index (κ2) is 11.6. The van der Waals surface area contributed by atoms with Crippen LogP contribution < -0.4 is 10.6 Å². The van der Waals surface area contributed by atoms with Gasteiger partial charge in [0, 0.05) is 38.9 Å². The van der Waals surface area contributed by atoms with Gasteiger partial charge in [-0.05, 0) is 49.8 Å². The summed E-state index contributed by atoms with van der Waals surface area (Å²) in [7, 11) is 2.04. The minimum absolute atomic E-state index is 0.0585. The van der Waals surface area contributed by atoms with E-state index < -0.39 is 0 Å². The highest BCUT2D eigenvalue weighted by atomic mass is 16.5. The molecule has 0 unspecified atom stereocenters. The summed E-state index contributed by atoms with van der Waals surface area (Å²) < 4.78 is 5.72. The summed E-state index contributed by atoms with van der Waals surface area (Å²) in [5.74, 6) is 1.74. The van der Waals surface area contributed by atoms with Crippen LogP contribution in [-0.4, -0.2) is 50.1 Å². The number of likely N-dealkylation sites (N-methyl/N-ethyl adjacent to an activating group) is 1. The molecule has 0 aliphatic heterocycles. The fourth-order valence-corrected chi connectivity index (χ4v) is 2.62. The van der Waals surface area contributed by atoms with Crippen molar-refractivity contribution in [2.75, 3.05) is 38.7 Å². The highest BCUT2D eigenvalue weighted by molar-refractivity contribution is 5.90. The Morgan fingerprint density at radius 1 is 1.26 bits per heavy atom. The maximum absolute atomic E-state index is 11.7. The van der Waals surface area contributed by atoms with Crippen LogP contribution in [-0.2, 0) is 16.1 Å². The molecule has 1 aromatic rings. The van der Waals surface area contributed by atoms with Crippen LogP contribution in [0.25, 0.3) is 0 Å². The van der Waals surface area contributed by atoms with E-state index in [1.807, 2.05) is 38.2 Å². The molecule has 150 valence electrons. The summed E-state index contributed by atoms with van der Waals surface area (Å²) in [5.41, 5.74) is 1.94. The van der Waals surface area contributed by atoms with Crippen LogP contribution >= 0.6 is 0 Å². The average Bonchev–Trinajstić information content (AvgIpc) is 3.48. The van der Waals surface area contributed by atoms with Gasteiger partial charge < -0.3 is 20.3 Å². The third-order valence-electron chi connectivity index (χ3n) is 4.44. The smallest absolute Gasteiger partial charge is 0.224 e. The van der Waals surface area contributed by atoms with Gasteiger partial charge in [-0.25, -0.2) is 4.99 Å². The highest BCUT2D eigenvalue weighted by Crippen LogP contribution is 2.28. The Morgan fingerprint density at radius 2 is 2.00 bits per heavy atom. The van der Waals surface area contributed by atoms with Crippen molar-refractivity contribution in [3.63, 3.8) is 0 Å². The quantitative estimate of drug-likeness (QED) is 0.354. The first-order valence-electron chi connectivity index (χ1n) is 10.1. The number of nitrogens with one attached hydrogen (secondary N) is 2. The molecule has 1 aromatic carbocycles. The van der Waals surface area contributed by atoms with E-state index >= 15 is 0 Å². The first-order chi connectivity index (χ1) is 13.1. The van der Waals surface area contributed by atoms with Crippen LogP contribution in [0, 0.1) is 5.92 Å². The Bertz CT molecular complexity index is 597. The zero-order valence-corrected chi connectivity index (χ0v) is 17.0. The number of hydrogen-bond donors (Lipinski definition) is 2. The van der Waals surface area contributed by atoms with E-state index in [1.54, 1.807) is 0 Å². The van der Waals surface area contributed by atoms with Gasteiger partial charge in [0.1, 0.15) is 0 Å². The predicted molar refractivity (Wildman–Crippen MR) is 111 cm³/mol. The number of carbonyl (C=O) groups is 1. The molecular formula is C21H34N4O2. The third-order valence-corrected chi connectivity index (χ3v) is 4.44. The zero-order valence-electron chi connectivity index (χ0n) is 17.0. The second-order valence-electron chi connectivity index (χ2n) is 7.11. The van der Waals surface area contributed by atoms with Gasteiger partial charge in [-0.1, -0.05) is 19.1 Å². The van der Waals surface area contributed by atoms with Gasteiger partial charge >= 0.3 is 0 Å². The lowest BCUT2D eigenvalue weighted by molar-refractivity contribution is -0.116. The molecule has 0 bridgehead atoms. The van der Waals surface area contributed by atoms with Crippen molar-refractivity contribution < 1.29 is 9.53 Å². The second-order valence-corrected chi connectivity index (χ2v) is 7.11. The summed E-state index contributed by atoms with van der Waals surface area (Å²) in [6.45, 7) is 7.93. The Kier molecular flexibility index (Phi) is 9.11. The lowest BCUT2D eigenvalue weighted by atomic mass is 10.2. The molecular weight excluding hydrogens is 340 g/mol. The summed E-state index contributed by atoms with van der Waals surface area (Å²) in [4.78, 5) is 18.5. The van der Waals surface area contributed by atoms with Crippen LogP contribution in [0.3, 0.4) is 0 Å². The summed E-state index contributed by atoms with van der Waals surface area (Å²) >= 11 is 0. The third kappa shape index (κ3) is 8.43. The number of benzene rings is 1. The Labute approximate surface area is 163 Å². The number of rotatable bonds is 11. The molecule has 0 radical (unpaired) electrons. The van der Waals surface area contributed by atoms with Crippen molar-refractivity contribution >= 4 is 17.6 Å². The fourth-order valence-electron chi connectivity index (χ4n) is 2.62. The van der Waals surface area contributed by atoms with E-state index in [9.17, 15) is 4.79 Å². The Hall–Kier alpha value is -2.08. The van der Waals surface area contributed by atoms with Crippen LogP contribution in [0.2, 0.25) is 0 Å². The SMILES string of the molecule is CCCC(=O)Nc1ccc(CN=C(NCC)N(C)CCOCC2CC2)cc1. The molecule has 1 saturated carbocycles. The molecule has 6 heteroatoms. The number of guanidine groups is 1. The lowest BCUT2D eigenvalue weighted by Gasteiger charge is -2.22. The maximum Gasteiger partial charge on any atom is 0.224 e. The molecule has 1 aliphatic rings. The standard InChI is InChI=1S/C21H34N4O2/c1-4-6-20(26)24-19-11-9-17(10-12-19)15-23-21(22-5-2)25(3)13-14-27-16-18-7-8-18/h9-12,18H,4-8,13-16H2,1-3H3,(H,22,23)(H,24,26). The van der Waals surface area contributed by atoms with Gasteiger partial charge in [0.2, 0.25) is 5.91 Å². The molecule has 0 spiro atoms. The molecule has 6 nitrogen and oxygen atoms in total. The number of nitrogens with zero attached hydrogens (tertiary/aromatic N) is 2. The van der Waals surface area contributed by atoms with Gasteiger partial charge in [-0.15, -0.1) is 0 Å². The first kappa shape index (κ1) is 21.2. The molecule has 27 heavy (non-hydrogen) atoms. The first-order valence-corrected chi connectivity index (χ1v) is 10.1. The van der Waals surface area contributed by atoms with Crippen molar-refractivity contribution in [2.24, 2.45) is 10.9 Å². The van der Waals surface area contributed by atoms with Gasteiger partial charge in [0.25, 0.3) is 0 Å². The summed E-state index contributed by atoms with van der Waals surface area (Å²) in [6.07, 6.45) is 4.04. The topological polar surface area (TPSA) is 66.0 Å². The van der Waals surface area contributed by atoms with Crippen LogP contribution in [0.1, 0.15) is 45.1 Å². The lowest BCUT2D eigenvalue weighted by Crippen LogP contribution is -2.40. The molecule has 1 fully saturated rings. The number of anilines is 1. The molecule has 0 atom stereocenters. The largest absolute Gasteiger partial charge is 0.379 e. The minimum Gasteiger partial charge on any atom is -0.379 e. The fraction of sp³-hybridized carbons (Fsp3) is 0.619. The molecule has 0 aromatic heterocycles. The van der Waals surface area contributed by atoms with Gasteiger partial charge in [0.15, 0.2) is 5.96 Å². The van der Waals surface area contributed by atoms with E-state index in [0.29, 0.717) is 13.0 Å². The van der Waals surface area contributed by atoms with E-state index in [2.05, 4.69) is 22.5 Å². The normalized spacial score (nSPS) is 14.1. The number of hydrogen-bond acceptors (Lipinski definition) is 3. The molecule has 0 heterocycles. The Balaban J connectivity index is 1.81. The molecule has 1 amide bonds.